The molecule has 1 aliphatic rings. The Balaban J connectivity index is 1.66. The second-order valence-electron chi connectivity index (χ2n) is 7.23. The van der Waals surface area contributed by atoms with Gasteiger partial charge in [-0.15, -0.1) is 0 Å². The Morgan fingerprint density at radius 1 is 0.848 bits per heavy atom. The second-order valence-corrected chi connectivity index (χ2v) is 7.23. The van der Waals surface area contributed by atoms with E-state index in [2.05, 4.69) is 10.6 Å². The molecule has 3 aromatic carbocycles. The monoisotopic (exact) mass is 442 g/mol. The molecule has 0 spiro atoms. The topological polar surface area (TPSA) is 93.7 Å². The maximum Gasteiger partial charge on any atom is 0.343 e. The number of urea groups is 1. The van der Waals surface area contributed by atoms with Crippen LogP contribution in [-0.4, -0.2) is 24.6 Å². The molecule has 0 saturated heterocycles. The largest absolute Gasteiger partial charge is 0.463 e. The Kier molecular flexibility index (Phi) is 6.50. The highest BCUT2D eigenvalue weighted by Crippen LogP contribution is 2.32. The lowest BCUT2D eigenvalue weighted by Gasteiger charge is -2.29. The van der Waals surface area contributed by atoms with Crippen molar-refractivity contribution in [1.29, 1.82) is 0 Å². The van der Waals surface area contributed by atoms with Gasteiger partial charge < -0.3 is 20.1 Å². The summed E-state index contributed by atoms with van der Waals surface area (Å²) >= 11 is 0. The van der Waals surface area contributed by atoms with E-state index in [1.54, 1.807) is 55.5 Å². The number of hydrogen-bond acceptors (Lipinski definition) is 5. The Hall–Kier alpha value is -4.39. The normalized spacial score (nSPS) is 15.3. The third-order valence-electron chi connectivity index (χ3n) is 5.06. The summed E-state index contributed by atoms with van der Waals surface area (Å²) in [5, 5.41) is 5.53. The van der Waals surface area contributed by atoms with Crippen LogP contribution in [0, 0.1) is 0 Å². The molecule has 0 radical (unpaired) electrons. The van der Waals surface area contributed by atoms with Gasteiger partial charge in [-0.1, -0.05) is 60.7 Å². The molecule has 1 aliphatic heterocycles. The number of ether oxygens (including phenoxy) is 2. The number of rotatable bonds is 6. The molecule has 33 heavy (non-hydrogen) atoms. The average molecular weight is 442 g/mol. The molecule has 166 valence electrons. The Morgan fingerprint density at radius 3 is 2.12 bits per heavy atom. The molecule has 7 nitrogen and oxygen atoms in total. The van der Waals surface area contributed by atoms with Gasteiger partial charge in [0.25, 0.3) is 0 Å². The maximum atomic E-state index is 12.9. The first kappa shape index (κ1) is 21.8. The minimum atomic E-state index is -0.744. The van der Waals surface area contributed by atoms with Crippen LogP contribution < -0.4 is 15.4 Å². The fourth-order valence-corrected chi connectivity index (χ4v) is 3.54. The third kappa shape index (κ3) is 4.93. The van der Waals surface area contributed by atoms with Crippen LogP contribution in [0.5, 0.6) is 5.75 Å². The van der Waals surface area contributed by atoms with Gasteiger partial charge in [-0.3, -0.25) is 0 Å². The molecule has 1 heterocycles. The molecule has 1 unspecified atom stereocenters. The first-order chi connectivity index (χ1) is 16.1. The SMILES string of the molecule is CCOC(=O)C1=C(c2ccccc2)NC(=O)NC1c1ccc(OC(=O)c2ccccc2)cc1. The molecule has 0 aromatic heterocycles. The van der Waals surface area contributed by atoms with Gasteiger partial charge in [-0.25, -0.2) is 14.4 Å². The molecule has 0 aliphatic carbocycles. The summed E-state index contributed by atoms with van der Waals surface area (Å²) in [5.41, 5.74) is 2.45. The predicted octanol–water partition coefficient (Wildman–Crippen LogP) is 4.23. The summed E-state index contributed by atoms with van der Waals surface area (Å²) in [6.07, 6.45) is 0. The van der Waals surface area contributed by atoms with E-state index < -0.39 is 24.0 Å². The second kappa shape index (κ2) is 9.82. The minimum absolute atomic E-state index is 0.194. The summed E-state index contributed by atoms with van der Waals surface area (Å²) in [7, 11) is 0. The van der Waals surface area contributed by atoms with Crippen molar-refractivity contribution in [3.05, 3.63) is 107 Å². The highest BCUT2D eigenvalue weighted by molar-refractivity contribution is 6.04. The van der Waals surface area contributed by atoms with E-state index in [4.69, 9.17) is 9.47 Å². The zero-order valence-corrected chi connectivity index (χ0v) is 17.9. The summed E-state index contributed by atoms with van der Waals surface area (Å²) in [4.78, 5) is 37.6. The standard InChI is InChI=1S/C26H22N2O5/c1-2-32-25(30)21-22(17-9-5-3-6-10-17)27-26(31)28-23(21)18-13-15-20(16-14-18)33-24(29)19-11-7-4-8-12-19/h3-16,23H,2H2,1H3,(H2,27,28,31). The summed E-state index contributed by atoms with van der Waals surface area (Å²) in [5.74, 6) is -0.664. The van der Waals surface area contributed by atoms with E-state index in [1.165, 1.54) is 0 Å². The van der Waals surface area contributed by atoms with Gasteiger partial charge in [0.15, 0.2) is 0 Å². The Labute approximate surface area is 191 Å². The number of nitrogens with one attached hydrogen (secondary N) is 2. The Bertz CT molecular complexity index is 1190. The van der Waals surface area contributed by atoms with E-state index >= 15 is 0 Å². The van der Waals surface area contributed by atoms with Gasteiger partial charge >= 0.3 is 18.0 Å². The van der Waals surface area contributed by atoms with Crippen LogP contribution in [0.2, 0.25) is 0 Å². The number of hydrogen-bond donors (Lipinski definition) is 2. The molecule has 3 aromatic rings. The van der Waals surface area contributed by atoms with Crippen molar-refractivity contribution in [1.82, 2.24) is 10.6 Å². The summed E-state index contributed by atoms with van der Waals surface area (Å²) in [6.45, 7) is 1.92. The van der Waals surface area contributed by atoms with Gasteiger partial charge in [0, 0.05) is 0 Å². The molecule has 0 saturated carbocycles. The average Bonchev–Trinajstić information content (AvgIpc) is 2.85. The zero-order valence-electron chi connectivity index (χ0n) is 17.9. The molecule has 2 N–H and O–H groups in total. The minimum Gasteiger partial charge on any atom is -0.463 e. The van der Waals surface area contributed by atoms with Crippen LogP contribution >= 0.6 is 0 Å². The lowest BCUT2D eigenvalue weighted by molar-refractivity contribution is -0.138. The van der Waals surface area contributed by atoms with E-state index in [0.29, 0.717) is 28.1 Å². The van der Waals surface area contributed by atoms with Crippen LogP contribution in [-0.2, 0) is 9.53 Å². The van der Waals surface area contributed by atoms with E-state index in [0.717, 1.165) is 0 Å². The van der Waals surface area contributed by atoms with Crippen LogP contribution in [0.15, 0.2) is 90.5 Å². The van der Waals surface area contributed by atoms with E-state index in [9.17, 15) is 14.4 Å². The van der Waals surface area contributed by atoms with Gasteiger partial charge in [-0.2, -0.15) is 0 Å². The summed E-state index contributed by atoms with van der Waals surface area (Å²) in [6, 6.07) is 23.2. The van der Waals surface area contributed by atoms with Crippen LogP contribution in [0.25, 0.3) is 5.70 Å². The molecule has 7 heteroatoms. The van der Waals surface area contributed by atoms with Crippen LogP contribution in [0.3, 0.4) is 0 Å². The lowest BCUT2D eigenvalue weighted by Crippen LogP contribution is -2.45. The van der Waals surface area contributed by atoms with Crippen molar-refractivity contribution < 1.29 is 23.9 Å². The number of carbonyl (C=O) groups excluding carboxylic acids is 3. The van der Waals surface area contributed by atoms with Gasteiger partial charge in [-0.05, 0) is 42.3 Å². The van der Waals surface area contributed by atoms with Crippen LogP contribution in [0.4, 0.5) is 4.79 Å². The number of benzene rings is 3. The Morgan fingerprint density at radius 2 is 1.48 bits per heavy atom. The van der Waals surface area contributed by atoms with Crippen LogP contribution in [0.1, 0.15) is 34.5 Å². The molecular weight excluding hydrogens is 420 g/mol. The van der Waals surface area contributed by atoms with Crippen molar-refractivity contribution >= 4 is 23.7 Å². The number of amides is 2. The smallest absolute Gasteiger partial charge is 0.343 e. The van der Waals surface area contributed by atoms with Crippen molar-refractivity contribution in [3.8, 4) is 5.75 Å². The van der Waals surface area contributed by atoms with E-state index in [1.807, 2.05) is 36.4 Å². The molecular formula is C26H22N2O5. The molecule has 2 amide bonds. The fraction of sp³-hybridized carbons (Fsp3) is 0.115. The highest BCUT2D eigenvalue weighted by atomic mass is 16.5. The van der Waals surface area contributed by atoms with Gasteiger partial charge in [0.2, 0.25) is 0 Å². The quantitative estimate of drug-likeness (QED) is 0.440. The predicted molar refractivity (Wildman–Crippen MR) is 122 cm³/mol. The number of esters is 2. The van der Waals surface area contributed by atoms with Gasteiger partial charge in [0.05, 0.1) is 29.5 Å². The zero-order chi connectivity index (χ0) is 23.2. The number of carbonyl (C=O) groups is 3. The summed E-state index contributed by atoms with van der Waals surface area (Å²) < 4.78 is 10.7. The van der Waals surface area contributed by atoms with Crippen molar-refractivity contribution in [2.75, 3.05) is 6.61 Å². The van der Waals surface area contributed by atoms with Crippen molar-refractivity contribution in [2.45, 2.75) is 13.0 Å². The van der Waals surface area contributed by atoms with Crippen molar-refractivity contribution in [2.24, 2.45) is 0 Å². The molecule has 1 atom stereocenters. The fourth-order valence-electron chi connectivity index (χ4n) is 3.54. The first-order valence-electron chi connectivity index (χ1n) is 10.5. The molecule has 0 bridgehead atoms. The molecule has 4 rings (SSSR count). The van der Waals surface area contributed by atoms with Crippen molar-refractivity contribution in [3.63, 3.8) is 0 Å². The van der Waals surface area contributed by atoms with Gasteiger partial charge in [0.1, 0.15) is 5.75 Å². The first-order valence-corrected chi connectivity index (χ1v) is 10.5. The maximum absolute atomic E-state index is 12.9. The highest BCUT2D eigenvalue weighted by Gasteiger charge is 2.34. The molecule has 0 fully saturated rings. The van der Waals surface area contributed by atoms with E-state index in [-0.39, 0.29) is 12.2 Å². The third-order valence-corrected chi connectivity index (χ3v) is 5.06. The lowest BCUT2D eigenvalue weighted by atomic mass is 9.92.